The summed E-state index contributed by atoms with van der Waals surface area (Å²) in [7, 11) is 10.5. The van der Waals surface area contributed by atoms with Gasteiger partial charge in [-0.3, -0.25) is 24.5 Å². The molecule has 77 heavy (non-hydrogen) atoms. The second-order valence-corrected chi connectivity index (χ2v) is 24.5. The molecule has 422 valence electrons. The lowest BCUT2D eigenvalue weighted by molar-refractivity contribution is -0.162. The number of halogens is 1. The number of aliphatic hydroxyl groups is 1. The number of rotatable bonds is 18. The topological polar surface area (TPSA) is 236 Å². The van der Waals surface area contributed by atoms with Crippen LogP contribution in [0.4, 0.5) is 10.5 Å². The number of likely N-dealkylation sites (N-methyl/N-ethyl adjacent to an activating group) is 1. The van der Waals surface area contributed by atoms with Gasteiger partial charge >= 0.3 is 12.1 Å². The number of amides is 5. The van der Waals surface area contributed by atoms with E-state index in [2.05, 4.69) is 21.2 Å². The molecule has 3 heterocycles. The minimum Gasteiger partial charge on any atom is -0.495 e. The number of nitrogens with one attached hydrogen (secondary N) is 3. The highest BCUT2D eigenvalue weighted by Gasteiger charge is 2.64. The standard InChI is InChI=1S/C55H75ClN6O13S2/c1-31-15-13-16-42(71-12)55(69)29-41(73-52(68)58-55)33(3)50-54(7,75-50)43(28-47(66)62(10)39-25-35(23-31)26-40(70-11)49(39)56)74-51(67)34(4)61(9)46(65)20-22-76-77-53(5,6)30-45(64)60-59-38-19-18-36-27-37(24-32(2)48(36)38)72-21-14-17-44(63)57-8/h13,15-16,24-27,33-34,41-43,50,69H,14,17-23,28-30H2,1-12H3,(H,57,63)(H,58,68)(H,60,64)/b16-13+,31-15+,59-38+/t33-,34+,41+,42-,43+,50+,54+,55+/m1/s1. The number of anilines is 1. The first-order chi connectivity index (χ1) is 36.3. The van der Waals surface area contributed by atoms with E-state index in [0.29, 0.717) is 49.5 Å². The maximum absolute atomic E-state index is 14.4. The summed E-state index contributed by atoms with van der Waals surface area (Å²) in [5, 5.41) is 21.7. The molecular formula is C55H75ClN6O13S2. The average molecular weight is 1130 g/mol. The second kappa shape index (κ2) is 26.1. The smallest absolute Gasteiger partial charge is 0.409 e. The molecule has 2 aromatic rings. The summed E-state index contributed by atoms with van der Waals surface area (Å²) in [5.41, 5.74) is 5.55. The van der Waals surface area contributed by atoms with E-state index in [9.17, 15) is 33.9 Å². The molecule has 0 unspecified atom stereocenters. The summed E-state index contributed by atoms with van der Waals surface area (Å²) in [5.74, 6) is -0.937. The highest BCUT2D eigenvalue weighted by Crippen LogP contribution is 2.49. The number of hydrogen-bond donors (Lipinski definition) is 4. The Bertz CT molecular complexity index is 2650. The van der Waals surface area contributed by atoms with Crippen LogP contribution in [0.1, 0.15) is 109 Å². The first-order valence-electron chi connectivity index (χ1n) is 25.8. The van der Waals surface area contributed by atoms with Gasteiger partial charge in [0.05, 0.1) is 37.6 Å². The van der Waals surface area contributed by atoms with Crippen molar-refractivity contribution in [3.05, 3.63) is 75.3 Å². The fraction of sp³-hybridized carbons (Fsp3) is 0.582. The zero-order chi connectivity index (χ0) is 56.6. The molecule has 0 radical (unpaired) electrons. The Labute approximate surface area is 464 Å². The third-order valence-electron chi connectivity index (χ3n) is 14.5. The van der Waals surface area contributed by atoms with Crippen molar-refractivity contribution in [3.8, 4) is 11.5 Å². The molecule has 5 amide bonds. The fourth-order valence-electron chi connectivity index (χ4n) is 9.87. The predicted molar refractivity (Wildman–Crippen MR) is 297 cm³/mol. The summed E-state index contributed by atoms with van der Waals surface area (Å²) in [4.78, 5) is 82.6. The summed E-state index contributed by atoms with van der Waals surface area (Å²) in [6.45, 7) is 13.3. The van der Waals surface area contributed by atoms with Gasteiger partial charge < -0.3 is 48.6 Å². The fourth-order valence-corrected chi connectivity index (χ4v) is 12.7. The molecule has 4 bridgehead atoms. The van der Waals surface area contributed by atoms with Gasteiger partial charge in [-0.15, -0.1) is 0 Å². The highest BCUT2D eigenvalue weighted by molar-refractivity contribution is 8.77. The van der Waals surface area contributed by atoms with Gasteiger partial charge in [0.25, 0.3) is 0 Å². The van der Waals surface area contributed by atoms with Gasteiger partial charge in [0, 0.05) is 75.9 Å². The Kier molecular flexibility index (Phi) is 20.6. The molecule has 3 aliphatic heterocycles. The molecule has 2 fully saturated rings. The van der Waals surface area contributed by atoms with E-state index in [1.165, 1.54) is 52.7 Å². The molecule has 8 atom stereocenters. The van der Waals surface area contributed by atoms with Gasteiger partial charge in [-0.05, 0) is 108 Å². The first-order valence-corrected chi connectivity index (χ1v) is 28.5. The van der Waals surface area contributed by atoms with Crippen molar-refractivity contribution in [2.75, 3.05) is 52.6 Å². The number of alkyl carbamates (subject to hydrolysis) is 1. The molecular weight excluding hydrogens is 1050 g/mol. The minimum absolute atomic E-state index is 0.0268. The van der Waals surface area contributed by atoms with E-state index < -0.39 is 70.4 Å². The summed E-state index contributed by atoms with van der Waals surface area (Å²) in [6, 6.07) is 6.44. The van der Waals surface area contributed by atoms with Crippen LogP contribution in [0.2, 0.25) is 5.02 Å². The van der Waals surface area contributed by atoms with Crippen LogP contribution in [0, 0.1) is 12.8 Å². The SMILES string of the molecule is CNC(=O)CCCOc1cc(C)c2c(c1)CC/C2=N\NC(=O)CC(C)(C)SSCCC(=O)N(C)[C@@H](C)C(=O)O[C@H]1CC(=O)N(C)c2cc(cc(OC)c2Cl)C/C(C)=C/C=C/[C@@H](OC)[C@@]2(O)C[C@H](OC(=O)N2)[C@@H](C)[C@@H]2O[C@@]12C. The summed E-state index contributed by atoms with van der Waals surface area (Å²) >= 11 is 6.84. The van der Waals surface area contributed by atoms with E-state index in [-0.39, 0.29) is 48.4 Å². The maximum Gasteiger partial charge on any atom is 0.409 e. The number of carbonyl (C=O) groups excluding carboxylic acids is 6. The van der Waals surface area contributed by atoms with Crippen molar-refractivity contribution in [2.45, 2.75) is 153 Å². The number of hydrazone groups is 1. The molecule has 4 aliphatic rings. The second-order valence-electron chi connectivity index (χ2n) is 21.0. The maximum atomic E-state index is 14.4. The Balaban J connectivity index is 1.08. The highest BCUT2D eigenvalue weighted by atomic mass is 35.5. The quantitative estimate of drug-likeness (QED) is 0.0382. The van der Waals surface area contributed by atoms with E-state index in [0.717, 1.165) is 45.7 Å². The Morgan fingerprint density at radius 3 is 2.55 bits per heavy atom. The molecule has 0 aromatic heterocycles. The van der Waals surface area contributed by atoms with Gasteiger partial charge in [0.2, 0.25) is 23.6 Å². The molecule has 6 rings (SSSR count). The molecule has 22 heteroatoms. The van der Waals surface area contributed by atoms with Crippen LogP contribution in [0.5, 0.6) is 11.5 Å². The number of fused-ring (bicyclic) bond motifs is 6. The molecule has 1 aliphatic carbocycles. The lowest BCUT2D eigenvalue weighted by atomic mass is 9.83. The van der Waals surface area contributed by atoms with Crippen LogP contribution in [-0.4, -0.2) is 146 Å². The molecule has 0 spiro atoms. The van der Waals surface area contributed by atoms with Crippen molar-refractivity contribution < 1.29 is 62.3 Å². The minimum atomic E-state index is -1.87. The van der Waals surface area contributed by atoms with Gasteiger partial charge in [0.15, 0.2) is 5.72 Å². The van der Waals surface area contributed by atoms with Crippen LogP contribution in [-0.2, 0) is 55.8 Å². The van der Waals surface area contributed by atoms with Crippen molar-refractivity contribution >= 4 is 80.3 Å². The van der Waals surface area contributed by atoms with E-state index in [1.54, 1.807) is 59.2 Å². The van der Waals surface area contributed by atoms with Gasteiger partial charge in [0.1, 0.15) is 46.5 Å². The normalized spacial score (nSPS) is 26.4. The van der Waals surface area contributed by atoms with Gasteiger partial charge in [-0.2, -0.15) is 5.10 Å². The van der Waals surface area contributed by atoms with Crippen molar-refractivity contribution in [3.63, 3.8) is 0 Å². The lowest BCUT2D eigenvalue weighted by Gasteiger charge is -2.42. The average Bonchev–Trinajstić information content (AvgIpc) is 3.90. The summed E-state index contributed by atoms with van der Waals surface area (Å²) in [6.07, 6.45) is 3.28. The third-order valence-corrected chi connectivity index (χ3v) is 18.2. The number of epoxide rings is 1. The largest absolute Gasteiger partial charge is 0.495 e. The number of aryl methyl sites for hydroxylation is 2. The van der Waals surface area contributed by atoms with E-state index in [1.807, 2.05) is 45.9 Å². The molecule has 4 N–H and O–H groups in total. The van der Waals surface area contributed by atoms with E-state index in [4.69, 9.17) is 40.0 Å². The van der Waals surface area contributed by atoms with Crippen molar-refractivity contribution in [2.24, 2.45) is 11.0 Å². The summed E-state index contributed by atoms with van der Waals surface area (Å²) < 4.78 is 35.0. The van der Waals surface area contributed by atoms with Crippen molar-refractivity contribution in [1.29, 1.82) is 0 Å². The number of nitrogens with zero attached hydrogens (tertiary/aromatic N) is 3. The number of carbonyl (C=O) groups is 6. The number of allylic oxidation sites excluding steroid dienone is 3. The molecule has 2 saturated heterocycles. The van der Waals surface area contributed by atoms with Crippen LogP contribution >= 0.6 is 33.2 Å². The Morgan fingerprint density at radius 1 is 1.10 bits per heavy atom. The molecule has 19 nitrogen and oxygen atoms in total. The number of methoxy groups -OCH3 is 2. The van der Waals surface area contributed by atoms with Crippen LogP contribution in [0.3, 0.4) is 0 Å². The number of ether oxygens (including phenoxy) is 6. The Hall–Kier alpha value is -5.32. The molecule has 2 aromatic carbocycles. The van der Waals surface area contributed by atoms with Gasteiger partial charge in [-0.25, -0.2) is 15.0 Å². The number of benzene rings is 2. The van der Waals surface area contributed by atoms with E-state index >= 15 is 0 Å². The lowest BCUT2D eigenvalue weighted by Crippen LogP contribution is -2.63. The molecule has 0 saturated carbocycles. The van der Waals surface area contributed by atoms with Crippen LogP contribution in [0.25, 0.3) is 0 Å². The van der Waals surface area contributed by atoms with Crippen molar-refractivity contribution in [1.82, 2.24) is 21.0 Å². The third kappa shape index (κ3) is 15.3. The van der Waals surface area contributed by atoms with Gasteiger partial charge in [-0.1, -0.05) is 63.9 Å². The van der Waals surface area contributed by atoms with Crippen LogP contribution in [0.15, 0.2) is 53.2 Å². The first kappa shape index (κ1) is 60.9. The Morgan fingerprint density at radius 2 is 1.84 bits per heavy atom. The number of esters is 1. The number of hydrogen-bond acceptors (Lipinski definition) is 16. The predicted octanol–water partition coefficient (Wildman–Crippen LogP) is 7.13. The van der Waals surface area contributed by atoms with Crippen LogP contribution < -0.4 is 30.4 Å². The zero-order valence-corrected chi connectivity index (χ0v) is 48.6. The monoisotopic (exact) mass is 1130 g/mol. The zero-order valence-electron chi connectivity index (χ0n) is 46.2.